The van der Waals surface area contributed by atoms with Crippen molar-refractivity contribution >= 4 is 11.9 Å². The van der Waals surface area contributed by atoms with Crippen LogP contribution < -0.4 is 5.56 Å². The Morgan fingerprint density at radius 2 is 2.00 bits per heavy atom. The molecule has 1 atom stereocenters. The van der Waals surface area contributed by atoms with Crippen molar-refractivity contribution in [3.8, 4) is 0 Å². The van der Waals surface area contributed by atoms with Gasteiger partial charge in [-0.25, -0.2) is 0 Å². The van der Waals surface area contributed by atoms with Crippen LogP contribution in [-0.4, -0.2) is 10.8 Å². The molecule has 1 aromatic heterocycles. The largest absolute Gasteiger partial charge is 0.322 e. The van der Waals surface area contributed by atoms with Gasteiger partial charge in [-0.1, -0.05) is 24.3 Å². The zero-order valence-corrected chi connectivity index (χ0v) is 8.44. The van der Waals surface area contributed by atoms with E-state index >= 15 is 0 Å². The van der Waals surface area contributed by atoms with Gasteiger partial charge in [0.2, 0.25) is 5.56 Å². The summed E-state index contributed by atoms with van der Waals surface area (Å²) in [5.41, 5.74) is 1.95. The molecule has 0 radical (unpaired) electrons. The number of fused-ring (bicyclic) bond motifs is 2. The molecule has 16 heavy (non-hydrogen) atoms. The van der Waals surface area contributed by atoms with E-state index in [-0.39, 0.29) is 17.3 Å². The minimum Gasteiger partial charge on any atom is -0.322 e. The molecule has 1 heterocycles. The lowest BCUT2D eigenvalue weighted by atomic mass is 9.82. The van der Waals surface area contributed by atoms with E-state index in [0.717, 1.165) is 5.57 Å². The van der Waals surface area contributed by atoms with E-state index in [2.05, 4.69) is 4.98 Å². The van der Waals surface area contributed by atoms with Gasteiger partial charge in [0.1, 0.15) is 0 Å². The number of carbonyl (C=O) groups is 1. The molecule has 0 aliphatic heterocycles. The standard InChI is InChI=1S/C13H9NO2/c15-12-6-5-10-11(14-12)7-8-3-1-2-4-9(8)13(10)16/h1-7,9H,(H,14,15). The van der Waals surface area contributed by atoms with Gasteiger partial charge >= 0.3 is 0 Å². The zero-order valence-electron chi connectivity index (χ0n) is 8.44. The van der Waals surface area contributed by atoms with Crippen molar-refractivity contribution in [1.29, 1.82) is 0 Å². The number of hydrogen-bond acceptors (Lipinski definition) is 2. The number of hydrogen-bond donors (Lipinski definition) is 1. The van der Waals surface area contributed by atoms with Crippen molar-refractivity contribution in [2.24, 2.45) is 5.92 Å². The molecule has 0 bridgehead atoms. The predicted molar refractivity (Wildman–Crippen MR) is 61.1 cm³/mol. The van der Waals surface area contributed by atoms with E-state index in [1.54, 1.807) is 6.07 Å². The maximum atomic E-state index is 12.1. The topological polar surface area (TPSA) is 49.9 Å². The average Bonchev–Trinajstić information content (AvgIpc) is 2.29. The number of carbonyl (C=O) groups excluding carboxylic acids is 1. The van der Waals surface area contributed by atoms with Crippen LogP contribution in [0.25, 0.3) is 6.08 Å². The molecule has 2 aliphatic rings. The van der Waals surface area contributed by atoms with E-state index in [4.69, 9.17) is 0 Å². The fourth-order valence-corrected chi connectivity index (χ4v) is 2.09. The van der Waals surface area contributed by atoms with Gasteiger partial charge in [0.05, 0.1) is 11.6 Å². The number of rotatable bonds is 0. The van der Waals surface area contributed by atoms with Crippen LogP contribution in [0.5, 0.6) is 0 Å². The summed E-state index contributed by atoms with van der Waals surface area (Å²) in [6.07, 6.45) is 9.40. The van der Waals surface area contributed by atoms with Crippen LogP contribution in [0.15, 0.2) is 46.8 Å². The molecule has 1 N–H and O–H groups in total. The number of pyridine rings is 1. The molecular weight excluding hydrogens is 202 g/mol. The van der Waals surface area contributed by atoms with E-state index in [1.807, 2.05) is 30.4 Å². The number of allylic oxidation sites excluding steroid dienone is 5. The second-order valence-corrected chi connectivity index (χ2v) is 3.88. The van der Waals surface area contributed by atoms with E-state index in [1.165, 1.54) is 6.07 Å². The molecule has 3 rings (SSSR count). The van der Waals surface area contributed by atoms with Crippen LogP contribution >= 0.6 is 0 Å². The monoisotopic (exact) mass is 211 g/mol. The molecule has 0 saturated carbocycles. The number of aromatic amines is 1. The highest BCUT2D eigenvalue weighted by molar-refractivity contribution is 6.06. The van der Waals surface area contributed by atoms with Gasteiger partial charge in [0, 0.05) is 11.6 Å². The number of ketones is 1. The lowest BCUT2D eigenvalue weighted by molar-refractivity contribution is 0.0959. The molecule has 1 aromatic rings. The summed E-state index contributed by atoms with van der Waals surface area (Å²) < 4.78 is 0. The van der Waals surface area contributed by atoms with E-state index in [9.17, 15) is 9.59 Å². The van der Waals surface area contributed by atoms with Crippen LogP contribution in [0.2, 0.25) is 0 Å². The summed E-state index contributed by atoms with van der Waals surface area (Å²) in [4.78, 5) is 26.0. The normalized spacial score (nSPS) is 21.4. The van der Waals surface area contributed by atoms with Gasteiger partial charge in [-0.2, -0.15) is 0 Å². The first kappa shape index (κ1) is 9.09. The molecule has 0 aromatic carbocycles. The first-order valence-electron chi connectivity index (χ1n) is 5.10. The summed E-state index contributed by atoms with van der Waals surface area (Å²) in [5.74, 6) is -0.146. The summed E-state index contributed by atoms with van der Waals surface area (Å²) in [6, 6.07) is 2.98. The molecule has 78 valence electrons. The Morgan fingerprint density at radius 1 is 1.12 bits per heavy atom. The maximum Gasteiger partial charge on any atom is 0.248 e. The fourth-order valence-electron chi connectivity index (χ4n) is 2.09. The lowest BCUT2D eigenvalue weighted by Gasteiger charge is -2.21. The maximum absolute atomic E-state index is 12.1. The zero-order chi connectivity index (χ0) is 11.1. The van der Waals surface area contributed by atoms with Crippen LogP contribution in [0.1, 0.15) is 16.1 Å². The van der Waals surface area contributed by atoms with Crippen molar-refractivity contribution in [2.75, 3.05) is 0 Å². The molecule has 0 saturated heterocycles. The molecule has 3 heteroatoms. The Balaban J connectivity index is 2.26. The third-order valence-corrected chi connectivity index (χ3v) is 2.87. The highest BCUT2D eigenvalue weighted by atomic mass is 16.1. The second kappa shape index (κ2) is 3.17. The van der Waals surface area contributed by atoms with Gasteiger partial charge in [-0.3, -0.25) is 9.59 Å². The highest BCUT2D eigenvalue weighted by Gasteiger charge is 2.27. The molecule has 2 aliphatic carbocycles. The van der Waals surface area contributed by atoms with E-state index in [0.29, 0.717) is 11.3 Å². The Labute approximate surface area is 91.8 Å². The van der Waals surface area contributed by atoms with Crippen molar-refractivity contribution in [1.82, 2.24) is 4.98 Å². The summed E-state index contributed by atoms with van der Waals surface area (Å²) in [7, 11) is 0. The van der Waals surface area contributed by atoms with Crippen molar-refractivity contribution in [2.45, 2.75) is 0 Å². The average molecular weight is 211 g/mol. The summed E-state index contributed by atoms with van der Waals surface area (Å²) in [6.45, 7) is 0. The Bertz CT molecular complexity index is 617. The number of nitrogens with one attached hydrogen (secondary N) is 1. The minimum atomic E-state index is -0.191. The first-order valence-corrected chi connectivity index (χ1v) is 5.10. The third-order valence-electron chi connectivity index (χ3n) is 2.87. The quantitative estimate of drug-likeness (QED) is 0.710. The second-order valence-electron chi connectivity index (χ2n) is 3.88. The van der Waals surface area contributed by atoms with Gasteiger partial charge in [-0.15, -0.1) is 0 Å². The van der Waals surface area contributed by atoms with Crippen molar-refractivity contribution < 1.29 is 4.79 Å². The van der Waals surface area contributed by atoms with Crippen molar-refractivity contribution in [3.05, 3.63) is 63.6 Å². The Hall–Kier alpha value is -2.16. The van der Waals surface area contributed by atoms with Crippen LogP contribution in [-0.2, 0) is 0 Å². The first-order chi connectivity index (χ1) is 7.75. The number of aromatic nitrogens is 1. The highest BCUT2D eigenvalue weighted by Crippen LogP contribution is 2.30. The van der Waals surface area contributed by atoms with Gasteiger partial charge in [0.25, 0.3) is 0 Å². The molecular formula is C13H9NO2. The van der Waals surface area contributed by atoms with Gasteiger partial charge < -0.3 is 4.98 Å². The third kappa shape index (κ3) is 1.21. The van der Waals surface area contributed by atoms with Gasteiger partial charge in [-0.05, 0) is 17.7 Å². The van der Waals surface area contributed by atoms with Crippen molar-refractivity contribution in [3.63, 3.8) is 0 Å². The number of H-pyrrole nitrogens is 1. The van der Waals surface area contributed by atoms with Crippen LogP contribution in [0.3, 0.4) is 0 Å². The van der Waals surface area contributed by atoms with E-state index < -0.39 is 0 Å². The summed E-state index contributed by atoms with van der Waals surface area (Å²) in [5, 5.41) is 0. The molecule has 0 fully saturated rings. The molecule has 3 nitrogen and oxygen atoms in total. The van der Waals surface area contributed by atoms with Gasteiger partial charge in [0.15, 0.2) is 5.78 Å². The molecule has 0 amide bonds. The Morgan fingerprint density at radius 3 is 2.88 bits per heavy atom. The molecule has 0 spiro atoms. The molecule has 1 unspecified atom stereocenters. The number of Topliss-reactive ketones (excluding diaryl/α,β-unsaturated/α-hetero) is 1. The SMILES string of the molecule is O=C1c2ccc(=O)[nH]c2C=C2C=CC=CC12. The summed E-state index contributed by atoms with van der Waals surface area (Å²) >= 11 is 0. The smallest absolute Gasteiger partial charge is 0.248 e. The van der Waals surface area contributed by atoms with Crippen LogP contribution in [0, 0.1) is 5.92 Å². The minimum absolute atomic E-state index is 0.0457. The van der Waals surface area contributed by atoms with Crippen LogP contribution in [0.4, 0.5) is 0 Å². The predicted octanol–water partition coefficient (Wildman–Crippen LogP) is 1.70. The fraction of sp³-hybridized carbons (Fsp3) is 0.0769. The Kier molecular flexibility index (Phi) is 1.80. The lowest BCUT2D eigenvalue weighted by Crippen LogP contribution is -2.23.